The number of rotatable bonds is 6. The van der Waals surface area contributed by atoms with E-state index in [1.165, 1.54) is 28.5 Å². The highest BCUT2D eigenvalue weighted by atomic mass is 19.1. The van der Waals surface area contributed by atoms with E-state index in [1.807, 2.05) is 17.8 Å². The second-order valence-corrected chi connectivity index (χ2v) is 11.3. The van der Waals surface area contributed by atoms with Gasteiger partial charge >= 0.3 is 0 Å². The molecule has 0 N–H and O–H groups in total. The van der Waals surface area contributed by atoms with Crippen LogP contribution in [0.3, 0.4) is 0 Å². The number of piperidine rings is 1. The van der Waals surface area contributed by atoms with Crippen LogP contribution in [-0.4, -0.2) is 37.3 Å². The number of hydrogen-bond donors (Lipinski definition) is 0. The number of aryl methyl sites for hydroxylation is 1. The lowest BCUT2D eigenvalue weighted by atomic mass is 9.94. The van der Waals surface area contributed by atoms with Crippen molar-refractivity contribution in [3.63, 3.8) is 0 Å². The lowest BCUT2D eigenvalue weighted by molar-refractivity contribution is 0.200. The monoisotopic (exact) mass is 543 g/mol. The van der Waals surface area contributed by atoms with Crippen molar-refractivity contribution in [3.8, 4) is 11.3 Å². The van der Waals surface area contributed by atoms with E-state index in [0.717, 1.165) is 48.9 Å². The number of fused-ring (bicyclic) bond motifs is 2. The van der Waals surface area contributed by atoms with E-state index in [9.17, 15) is 4.39 Å². The molecule has 0 saturated carbocycles. The van der Waals surface area contributed by atoms with Crippen LogP contribution >= 0.6 is 0 Å². The van der Waals surface area contributed by atoms with Gasteiger partial charge in [-0.25, -0.2) is 9.37 Å². The lowest BCUT2D eigenvalue weighted by Gasteiger charge is -2.32. The molecule has 0 aliphatic carbocycles. The molecule has 206 valence electrons. The summed E-state index contributed by atoms with van der Waals surface area (Å²) in [6, 6.07) is 32.8. The number of nitrogens with zero attached hydrogens (tertiary/aromatic N) is 5. The van der Waals surface area contributed by atoms with Gasteiger partial charge in [-0.3, -0.25) is 9.58 Å². The van der Waals surface area contributed by atoms with E-state index in [2.05, 4.69) is 94.3 Å². The molecular formula is C35H34FN5. The molecule has 0 radical (unpaired) electrons. The SMILES string of the molecule is CC(c1ccccc1)n1c(C2CCN(Cc3ccc4c(-c5ccccc5F)nn(C)c4c3)CC2)nc2ccccc21. The molecule has 6 heteroatoms. The summed E-state index contributed by atoms with van der Waals surface area (Å²) in [5.74, 6) is 1.39. The minimum absolute atomic E-state index is 0.219. The van der Waals surface area contributed by atoms with Crippen molar-refractivity contribution in [2.75, 3.05) is 13.1 Å². The molecule has 1 atom stereocenters. The summed E-state index contributed by atoms with van der Waals surface area (Å²) in [6.45, 7) is 5.23. The standard InChI is InChI=1S/C35H34FN5/c1-24(26-10-4-3-5-11-26)41-32-15-9-8-14-31(32)37-35(41)27-18-20-40(21-19-27)23-25-16-17-29-33(22-25)39(2)38-34(29)28-12-6-7-13-30(28)36/h3-17,22,24,27H,18-21,23H2,1-2H3. The Morgan fingerprint density at radius 1 is 0.854 bits per heavy atom. The Bertz CT molecular complexity index is 1830. The highest BCUT2D eigenvalue weighted by molar-refractivity contribution is 5.93. The number of para-hydroxylation sites is 2. The van der Waals surface area contributed by atoms with Crippen molar-refractivity contribution in [1.82, 2.24) is 24.2 Å². The topological polar surface area (TPSA) is 38.9 Å². The number of hydrogen-bond acceptors (Lipinski definition) is 3. The molecule has 3 heterocycles. The van der Waals surface area contributed by atoms with E-state index in [0.29, 0.717) is 17.2 Å². The Kier molecular flexibility index (Phi) is 6.63. The van der Waals surface area contributed by atoms with Crippen LogP contribution in [0.25, 0.3) is 33.2 Å². The summed E-state index contributed by atoms with van der Waals surface area (Å²) in [5, 5.41) is 5.65. The third-order valence-corrected chi connectivity index (χ3v) is 8.70. The van der Waals surface area contributed by atoms with Crippen LogP contribution in [-0.2, 0) is 13.6 Å². The molecule has 0 bridgehead atoms. The summed E-state index contributed by atoms with van der Waals surface area (Å²) >= 11 is 0. The zero-order chi connectivity index (χ0) is 27.9. The van der Waals surface area contributed by atoms with E-state index >= 15 is 0 Å². The molecule has 2 aromatic heterocycles. The van der Waals surface area contributed by atoms with Gasteiger partial charge in [-0.1, -0.05) is 66.7 Å². The van der Waals surface area contributed by atoms with Crippen LogP contribution in [0.4, 0.5) is 4.39 Å². The Balaban J connectivity index is 1.10. The number of likely N-dealkylation sites (tertiary alicyclic amines) is 1. The Morgan fingerprint density at radius 3 is 2.39 bits per heavy atom. The Morgan fingerprint density at radius 2 is 1.59 bits per heavy atom. The predicted octanol–water partition coefficient (Wildman–Crippen LogP) is 7.72. The third kappa shape index (κ3) is 4.72. The second-order valence-electron chi connectivity index (χ2n) is 11.3. The summed E-state index contributed by atoms with van der Waals surface area (Å²) in [7, 11) is 1.93. The van der Waals surface area contributed by atoms with Crippen molar-refractivity contribution in [3.05, 3.63) is 120 Å². The fourth-order valence-corrected chi connectivity index (χ4v) is 6.50. The van der Waals surface area contributed by atoms with Crippen LogP contribution in [0.15, 0.2) is 97.1 Å². The molecule has 1 saturated heterocycles. The molecule has 1 fully saturated rings. The highest BCUT2D eigenvalue weighted by Gasteiger charge is 2.28. The molecule has 1 aliphatic heterocycles. The van der Waals surface area contributed by atoms with Gasteiger partial charge in [0.2, 0.25) is 0 Å². The van der Waals surface area contributed by atoms with Crippen molar-refractivity contribution >= 4 is 21.9 Å². The molecule has 41 heavy (non-hydrogen) atoms. The maximum Gasteiger partial charge on any atom is 0.132 e. The molecule has 6 aromatic rings. The number of aromatic nitrogens is 4. The number of imidazole rings is 1. The molecule has 4 aromatic carbocycles. The van der Waals surface area contributed by atoms with Gasteiger partial charge in [0.15, 0.2) is 0 Å². The average Bonchev–Trinajstić information content (AvgIpc) is 3.55. The minimum atomic E-state index is -0.244. The van der Waals surface area contributed by atoms with E-state index < -0.39 is 0 Å². The van der Waals surface area contributed by atoms with Crippen LogP contribution in [0.2, 0.25) is 0 Å². The van der Waals surface area contributed by atoms with E-state index in [-0.39, 0.29) is 11.9 Å². The first-order chi connectivity index (χ1) is 20.1. The summed E-state index contributed by atoms with van der Waals surface area (Å²) < 4.78 is 18.8. The summed E-state index contributed by atoms with van der Waals surface area (Å²) in [4.78, 5) is 7.72. The van der Waals surface area contributed by atoms with Crippen molar-refractivity contribution in [1.29, 1.82) is 0 Å². The fourth-order valence-electron chi connectivity index (χ4n) is 6.50. The fraction of sp³-hybridized carbons (Fsp3) is 0.257. The Hall–Kier alpha value is -4.29. The summed E-state index contributed by atoms with van der Waals surface area (Å²) in [6.07, 6.45) is 2.16. The summed E-state index contributed by atoms with van der Waals surface area (Å²) in [5.41, 5.74) is 7.11. The molecule has 5 nitrogen and oxygen atoms in total. The number of benzene rings is 4. The highest BCUT2D eigenvalue weighted by Crippen LogP contribution is 2.35. The Labute approximate surface area is 239 Å². The van der Waals surface area contributed by atoms with Gasteiger partial charge in [0.05, 0.1) is 22.6 Å². The lowest BCUT2D eigenvalue weighted by Crippen LogP contribution is -2.33. The molecule has 1 aliphatic rings. The first-order valence-corrected chi connectivity index (χ1v) is 14.5. The zero-order valence-electron chi connectivity index (χ0n) is 23.5. The van der Waals surface area contributed by atoms with Crippen LogP contribution in [0.1, 0.15) is 48.7 Å². The average molecular weight is 544 g/mol. The number of halogens is 1. The molecule has 1 unspecified atom stereocenters. The minimum Gasteiger partial charge on any atom is -0.320 e. The van der Waals surface area contributed by atoms with Crippen LogP contribution in [0, 0.1) is 5.82 Å². The first-order valence-electron chi connectivity index (χ1n) is 14.5. The van der Waals surface area contributed by atoms with Crippen LogP contribution in [0.5, 0.6) is 0 Å². The maximum absolute atomic E-state index is 14.5. The van der Waals surface area contributed by atoms with Gasteiger partial charge in [-0.05, 0) is 74.3 Å². The van der Waals surface area contributed by atoms with Crippen molar-refractivity contribution < 1.29 is 4.39 Å². The molecule has 0 spiro atoms. The molecule has 0 amide bonds. The maximum atomic E-state index is 14.5. The van der Waals surface area contributed by atoms with Gasteiger partial charge in [0.25, 0.3) is 0 Å². The first kappa shape index (κ1) is 25.7. The van der Waals surface area contributed by atoms with Gasteiger partial charge in [0, 0.05) is 30.5 Å². The van der Waals surface area contributed by atoms with Gasteiger partial charge < -0.3 is 4.57 Å². The smallest absolute Gasteiger partial charge is 0.132 e. The second kappa shape index (κ2) is 10.6. The molecular weight excluding hydrogens is 509 g/mol. The van der Waals surface area contributed by atoms with Crippen molar-refractivity contribution in [2.45, 2.75) is 38.3 Å². The van der Waals surface area contributed by atoms with Gasteiger partial charge in [-0.15, -0.1) is 0 Å². The van der Waals surface area contributed by atoms with Crippen LogP contribution < -0.4 is 0 Å². The molecule has 7 rings (SSSR count). The third-order valence-electron chi connectivity index (χ3n) is 8.70. The predicted molar refractivity (Wildman–Crippen MR) is 163 cm³/mol. The normalized spacial score (nSPS) is 15.6. The van der Waals surface area contributed by atoms with E-state index in [1.54, 1.807) is 12.1 Å². The van der Waals surface area contributed by atoms with Crippen molar-refractivity contribution in [2.24, 2.45) is 7.05 Å². The zero-order valence-corrected chi connectivity index (χ0v) is 23.5. The largest absolute Gasteiger partial charge is 0.320 e. The van der Waals surface area contributed by atoms with E-state index in [4.69, 9.17) is 4.98 Å². The van der Waals surface area contributed by atoms with Gasteiger partial charge in [0.1, 0.15) is 17.3 Å². The van der Waals surface area contributed by atoms with Gasteiger partial charge in [-0.2, -0.15) is 5.10 Å². The quantitative estimate of drug-likeness (QED) is 0.216.